The summed E-state index contributed by atoms with van der Waals surface area (Å²) >= 11 is -0.826. The Labute approximate surface area is 338 Å². The van der Waals surface area contributed by atoms with Gasteiger partial charge in [-0.05, 0) is 45.4 Å². The molecule has 6 aromatic carbocycles. The van der Waals surface area contributed by atoms with E-state index in [2.05, 4.69) is 185 Å². The summed E-state index contributed by atoms with van der Waals surface area (Å²) in [5.41, 5.74) is 12.7. The van der Waals surface area contributed by atoms with Gasteiger partial charge in [-0.3, -0.25) is 0 Å². The van der Waals surface area contributed by atoms with Crippen LogP contribution in [0.1, 0.15) is 108 Å². The van der Waals surface area contributed by atoms with Crippen LogP contribution in [0.5, 0.6) is 0 Å². The summed E-state index contributed by atoms with van der Waals surface area (Å²) < 4.78 is 0. The van der Waals surface area contributed by atoms with Gasteiger partial charge in [-0.25, -0.2) is 0 Å². The first-order chi connectivity index (χ1) is 24.6. The van der Waals surface area contributed by atoms with Crippen molar-refractivity contribution in [3.05, 3.63) is 131 Å². The van der Waals surface area contributed by atoms with Gasteiger partial charge in [0.15, 0.2) is 0 Å². The second kappa shape index (κ2) is 20.5. The molecule has 0 saturated heterocycles. The minimum absolute atomic E-state index is 0.201. The predicted octanol–water partition coefficient (Wildman–Crippen LogP) is 16.1. The van der Waals surface area contributed by atoms with Crippen LogP contribution in [0, 0.1) is 13.8 Å². The van der Waals surface area contributed by atoms with E-state index in [0.717, 1.165) is 9.52 Å². The van der Waals surface area contributed by atoms with E-state index < -0.39 is 20.8 Å². The monoisotopic (exact) mass is 824 g/mol. The molecule has 0 amide bonds. The quantitative estimate of drug-likeness (QED) is 0.116. The van der Waals surface area contributed by atoms with E-state index in [1.807, 2.05) is 0 Å². The number of hydrogen-bond donors (Lipinski definition) is 0. The van der Waals surface area contributed by atoms with Gasteiger partial charge in [0.05, 0.1) is 0 Å². The van der Waals surface area contributed by atoms with Crippen LogP contribution in [-0.2, 0) is 31.7 Å². The van der Waals surface area contributed by atoms with Gasteiger partial charge in [0.1, 0.15) is 0 Å². The Bertz CT molecular complexity index is 1950. The van der Waals surface area contributed by atoms with Gasteiger partial charge >= 0.3 is 37.9 Å². The van der Waals surface area contributed by atoms with Crippen molar-refractivity contribution in [3.63, 3.8) is 0 Å². The molecule has 0 heterocycles. The van der Waals surface area contributed by atoms with Crippen molar-refractivity contribution >= 4 is 48.1 Å². The molecule has 6 rings (SSSR count). The van der Waals surface area contributed by atoms with Gasteiger partial charge in [-0.2, -0.15) is 12.1 Å². The molecule has 0 aliphatic heterocycles. The summed E-state index contributed by atoms with van der Waals surface area (Å²) in [5.74, 6) is 0.642. The molecule has 52 heavy (non-hydrogen) atoms. The van der Waals surface area contributed by atoms with Gasteiger partial charge in [0, 0.05) is 9.52 Å². The first kappa shape index (κ1) is 44.2. The third-order valence-electron chi connectivity index (χ3n) is 9.71. The Morgan fingerprint density at radius 1 is 0.692 bits per heavy atom. The molecule has 1 unspecified atom stereocenters. The summed E-state index contributed by atoms with van der Waals surface area (Å²) in [6.07, 6.45) is 3.86. The number of fused-ring (bicyclic) bond motifs is 2. The number of halogens is 2. The van der Waals surface area contributed by atoms with Crippen LogP contribution >= 0.6 is 17.0 Å². The SMILES string of the molecule is CCCCC(C)c1cc2c(-c3ccc(C(C)(C)C)cc3)cccc2[cH-]1.C[Si]C.Cc1cc2c(-c3ccc(C(C)(C)C)cc3)ccc(C)c2[cH-]1.[Cl][Zr+2][Cl]. The van der Waals surface area contributed by atoms with Crippen LogP contribution in [0.15, 0.2) is 103 Å². The van der Waals surface area contributed by atoms with E-state index in [1.54, 1.807) is 0 Å². The molecule has 274 valence electrons. The molecule has 0 N–H and O–H groups in total. The predicted molar refractivity (Wildman–Crippen MR) is 234 cm³/mol. The van der Waals surface area contributed by atoms with Crippen LogP contribution in [0.2, 0.25) is 13.1 Å². The molecule has 1 atom stereocenters. The molecule has 0 aromatic heterocycles. The molecule has 0 fully saturated rings. The maximum absolute atomic E-state index is 4.93. The summed E-state index contributed by atoms with van der Waals surface area (Å²) in [5, 5.41) is 5.51. The maximum atomic E-state index is 4.93. The zero-order chi connectivity index (χ0) is 38.6. The fourth-order valence-electron chi connectivity index (χ4n) is 6.61. The van der Waals surface area contributed by atoms with Crippen LogP contribution in [0.4, 0.5) is 0 Å². The Morgan fingerprint density at radius 3 is 1.67 bits per heavy atom. The number of rotatable bonds is 6. The third kappa shape index (κ3) is 12.1. The van der Waals surface area contributed by atoms with E-state index in [4.69, 9.17) is 17.0 Å². The summed E-state index contributed by atoms with van der Waals surface area (Å²) in [4.78, 5) is 0. The van der Waals surface area contributed by atoms with Crippen molar-refractivity contribution in [1.29, 1.82) is 0 Å². The van der Waals surface area contributed by atoms with Crippen molar-refractivity contribution < 1.29 is 20.8 Å². The third-order valence-corrected chi connectivity index (χ3v) is 9.71. The molecule has 4 heteroatoms. The number of hydrogen-bond acceptors (Lipinski definition) is 0. The molecule has 0 saturated carbocycles. The topological polar surface area (TPSA) is 0 Å². The van der Waals surface area contributed by atoms with Gasteiger partial charge < -0.3 is 0 Å². The second-order valence-corrected chi connectivity index (χ2v) is 20.9. The van der Waals surface area contributed by atoms with E-state index in [9.17, 15) is 0 Å². The van der Waals surface area contributed by atoms with Crippen molar-refractivity contribution in [2.75, 3.05) is 0 Å². The first-order valence-electron chi connectivity index (χ1n) is 18.7. The normalized spacial score (nSPS) is 11.8. The first-order valence-corrected chi connectivity index (χ1v) is 27.0. The van der Waals surface area contributed by atoms with Crippen molar-refractivity contribution in [3.8, 4) is 22.3 Å². The molecule has 0 aliphatic rings. The van der Waals surface area contributed by atoms with Gasteiger partial charge in [0.25, 0.3) is 0 Å². The molecular weight excluding hydrogens is 767 g/mol. The zero-order valence-corrected chi connectivity index (χ0v) is 38.7. The fourth-order valence-corrected chi connectivity index (χ4v) is 6.61. The summed E-state index contributed by atoms with van der Waals surface area (Å²) in [7, 11) is 11.0. The zero-order valence-electron chi connectivity index (χ0n) is 33.8. The molecule has 2 radical (unpaired) electrons. The van der Waals surface area contributed by atoms with Crippen LogP contribution < -0.4 is 0 Å². The Kier molecular flexibility index (Phi) is 17.4. The molecule has 0 spiro atoms. The van der Waals surface area contributed by atoms with E-state index in [-0.39, 0.29) is 10.8 Å². The molecular formula is C48H60Cl2SiZr. The Hall–Kier alpha value is -2.22. The van der Waals surface area contributed by atoms with E-state index in [1.165, 1.54) is 90.9 Å². The molecule has 0 nitrogen and oxygen atoms in total. The average Bonchev–Trinajstić information content (AvgIpc) is 3.72. The van der Waals surface area contributed by atoms with Crippen molar-refractivity contribution in [2.24, 2.45) is 0 Å². The minimum atomic E-state index is -0.826. The molecule has 0 aliphatic carbocycles. The van der Waals surface area contributed by atoms with E-state index >= 15 is 0 Å². The van der Waals surface area contributed by atoms with E-state index in [0.29, 0.717) is 5.92 Å². The Balaban J connectivity index is 0.000000246. The summed E-state index contributed by atoms with van der Waals surface area (Å²) in [6.45, 7) is 26.9. The number of unbranched alkanes of at least 4 members (excludes halogenated alkanes) is 1. The van der Waals surface area contributed by atoms with Crippen LogP contribution in [0.25, 0.3) is 43.8 Å². The van der Waals surface area contributed by atoms with Crippen LogP contribution in [-0.4, -0.2) is 9.52 Å². The van der Waals surface area contributed by atoms with Crippen LogP contribution in [0.3, 0.4) is 0 Å². The van der Waals surface area contributed by atoms with Gasteiger partial charge in [0.2, 0.25) is 0 Å². The number of benzene rings is 4. The van der Waals surface area contributed by atoms with Gasteiger partial charge in [-0.1, -0.05) is 167 Å². The van der Waals surface area contributed by atoms with Crippen molar-refractivity contribution in [1.82, 2.24) is 0 Å². The average molecular weight is 827 g/mol. The number of aryl methyl sites for hydroxylation is 2. The molecule has 6 aromatic rings. The Morgan fingerprint density at radius 2 is 1.19 bits per heavy atom. The fraction of sp³-hybridized carbons (Fsp3) is 0.375. The standard InChI is InChI=1S/C25H31.C21H23.C2H6Si.2ClH.Zr/c1-6-7-9-18(2)21-16-20-10-8-11-23(24(20)17-21)19-12-14-22(15-13-19)25(3,4)5;1-14-12-19-15(2)6-11-18(20(19)13-14)16-7-9-17(10-8-16)21(3,4)5;1-3-2;;;/h8,10-18H,6-7,9H2,1-5H3;6-13H,1-5H3;1-2H3;2*1H;/q2*-1;;;;+4/p-2. The van der Waals surface area contributed by atoms with Gasteiger partial charge in [-0.15, -0.1) is 68.6 Å². The van der Waals surface area contributed by atoms with Crippen molar-refractivity contribution in [2.45, 2.75) is 118 Å². The summed E-state index contributed by atoms with van der Waals surface area (Å²) in [6, 6.07) is 38.7. The second-order valence-electron chi connectivity index (χ2n) is 16.2. The molecule has 0 bridgehead atoms.